The van der Waals surface area contributed by atoms with Gasteiger partial charge >= 0.3 is 0 Å². The molecule has 0 fully saturated rings. The van der Waals surface area contributed by atoms with E-state index >= 15 is 0 Å². The highest BCUT2D eigenvalue weighted by molar-refractivity contribution is 6.11. The minimum absolute atomic E-state index is 0.0598. The molecular weight excluding hydrogens is 334 g/mol. The standard InChI is InChI=1S/C23H15N3O/c24-16-20(17-25)21-13-7-8-14-26(21)22(15-18-9-3-1-4-10-18)23(27)19-11-5-2-6-12-19/h1-15H/b22-15-. The van der Waals surface area contributed by atoms with Crippen LogP contribution in [0.5, 0.6) is 0 Å². The van der Waals surface area contributed by atoms with Crippen LogP contribution in [0.4, 0.5) is 0 Å². The first-order chi connectivity index (χ1) is 13.2. The van der Waals surface area contributed by atoms with Crippen LogP contribution in [-0.4, -0.2) is 10.7 Å². The Morgan fingerprint density at radius 1 is 0.889 bits per heavy atom. The number of benzene rings is 2. The lowest BCUT2D eigenvalue weighted by Gasteiger charge is -2.26. The summed E-state index contributed by atoms with van der Waals surface area (Å²) in [6, 6.07) is 22.2. The molecule has 0 unspecified atom stereocenters. The van der Waals surface area contributed by atoms with Gasteiger partial charge < -0.3 is 4.90 Å². The quantitative estimate of drug-likeness (QED) is 0.460. The number of allylic oxidation sites excluding steroid dienone is 5. The van der Waals surface area contributed by atoms with E-state index in [2.05, 4.69) is 0 Å². The van der Waals surface area contributed by atoms with Gasteiger partial charge in [-0.25, -0.2) is 0 Å². The first-order valence-electron chi connectivity index (χ1n) is 8.29. The van der Waals surface area contributed by atoms with Gasteiger partial charge in [-0.05, 0) is 23.8 Å². The van der Waals surface area contributed by atoms with Gasteiger partial charge in [0.05, 0.1) is 11.4 Å². The van der Waals surface area contributed by atoms with Crippen molar-refractivity contribution in [1.82, 2.24) is 4.90 Å². The van der Waals surface area contributed by atoms with Crippen LogP contribution in [0.3, 0.4) is 0 Å². The number of rotatable bonds is 4. The molecule has 4 heteroatoms. The Hall–Kier alpha value is -4.15. The van der Waals surface area contributed by atoms with E-state index in [4.69, 9.17) is 0 Å². The lowest BCUT2D eigenvalue weighted by molar-refractivity contribution is 0.101. The molecule has 0 aromatic heterocycles. The summed E-state index contributed by atoms with van der Waals surface area (Å²) < 4.78 is 0. The predicted octanol–water partition coefficient (Wildman–Crippen LogP) is 4.60. The van der Waals surface area contributed by atoms with Gasteiger partial charge in [-0.3, -0.25) is 4.79 Å². The van der Waals surface area contributed by atoms with Gasteiger partial charge in [0.25, 0.3) is 0 Å². The van der Waals surface area contributed by atoms with Crippen LogP contribution < -0.4 is 0 Å². The SMILES string of the molecule is N#CC(C#N)=C1C=CC=CN1/C(=C\c1ccccc1)C(=O)c1ccccc1. The zero-order chi connectivity index (χ0) is 19.1. The summed E-state index contributed by atoms with van der Waals surface area (Å²) in [4.78, 5) is 14.8. The monoisotopic (exact) mass is 349 g/mol. The molecule has 0 N–H and O–H groups in total. The predicted molar refractivity (Wildman–Crippen MR) is 104 cm³/mol. The van der Waals surface area contributed by atoms with Crippen LogP contribution in [0.15, 0.2) is 102 Å². The van der Waals surface area contributed by atoms with Crippen molar-refractivity contribution in [3.05, 3.63) is 113 Å². The molecule has 0 radical (unpaired) electrons. The Balaban J connectivity index is 2.17. The first-order valence-corrected chi connectivity index (χ1v) is 8.29. The Labute approximate surface area is 157 Å². The second-order valence-electron chi connectivity index (χ2n) is 5.69. The maximum absolute atomic E-state index is 13.2. The van der Waals surface area contributed by atoms with Crippen LogP contribution in [0, 0.1) is 22.7 Å². The molecule has 0 saturated heterocycles. The summed E-state index contributed by atoms with van der Waals surface area (Å²) in [5.41, 5.74) is 2.03. The molecule has 128 valence electrons. The van der Waals surface area contributed by atoms with E-state index in [0.29, 0.717) is 17.0 Å². The van der Waals surface area contributed by atoms with Crippen LogP contribution in [0.1, 0.15) is 15.9 Å². The van der Waals surface area contributed by atoms with Gasteiger partial charge in [-0.1, -0.05) is 66.7 Å². The topological polar surface area (TPSA) is 67.9 Å². The average Bonchev–Trinajstić information content (AvgIpc) is 2.74. The third kappa shape index (κ3) is 3.92. The Morgan fingerprint density at radius 2 is 1.52 bits per heavy atom. The summed E-state index contributed by atoms with van der Waals surface area (Å²) in [7, 11) is 0. The van der Waals surface area contributed by atoms with Crippen LogP contribution in [0.2, 0.25) is 0 Å². The molecule has 0 amide bonds. The smallest absolute Gasteiger partial charge is 0.209 e. The average molecular weight is 349 g/mol. The minimum Gasteiger partial charge on any atom is -0.312 e. The first kappa shape index (κ1) is 17.7. The summed E-state index contributed by atoms with van der Waals surface area (Å²) in [5.74, 6) is -0.202. The highest BCUT2D eigenvalue weighted by Crippen LogP contribution is 2.26. The summed E-state index contributed by atoms with van der Waals surface area (Å²) in [6.45, 7) is 0. The van der Waals surface area contributed by atoms with Crippen LogP contribution in [0.25, 0.3) is 6.08 Å². The van der Waals surface area contributed by atoms with Crippen molar-refractivity contribution in [2.75, 3.05) is 0 Å². The van der Waals surface area contributed by atoms with Gasteiger partial charge in [-0.2, -0.15) is 10.5 Å². The zero-order valence-electron chi connectivity index (χ0n) is 14.4. The third-order valence-electron chi connectivity index (χ3n) is 3.97. The van der Waals surface area contributed by atoms with Crippen LogP contribution >= 0.6 is 0 Å². The van der Waals surface area contributed by atoms with Crippen LogP contribution in [-0.2, 0) is 0 Å². The van der Waals surface area contributed by atoms with E-state index in [1.165, 1.54) is 0 Å². The third-order valence-corrected chi connectivity index (χ3v) is 3.97. The molecule has 1 aliphatic rings. The zero-order valence-corrected chi connectivity index (χ0v) is 14.4. The Morgan fingerprint density at radius 3 is 2.15 bits per heavy atom. The van der Waals surface area contributed by atoms with E-state index in [-0.39, 0.29) is 11.4 Å². The van der Waals surface area contributed by atoms with Crippen molar-refractivity contribution in [1.29, 1.82) is 10.5 Å². The lowest BCUT2D eigenvalue weighted by atomic mass is 10.0. The second kappa shape index (κ2) is 8.29. The maximum Gasteiger partial charge on any atom is 0.209 e. The fourth-order valence-electron chi connectivity index (χ4n) is 2.69. The number of carbonyl (C=O) groups is 1. The number of nitrogens with zero attached hydrogens (tertiary/aromatic N) is 3. The molecule has 0 spiro atoms. The van der Waals surface area contributed by atoms with Crippen molar-refractivity contribution in [2.45, 2.75) is 0 Å². The van der Waals surface area contributed by atoms with Gasteiger partial charge in [-0.15, -0.1) is 0 Å². The fourth-order valence-corrected chi connectivity index (χ4v) is 2.69. The summed E-state index contributed by atoms with van der Waals surface area (Å²) >= 11 is 0. The van der Waals surface area contributed by atoms with Gasteiger partial charge in [0.15, 0.2) is 5.57 Å². The number of hydrogen-bond donors (Lipinski definition) is 0. The van der Waals surface area contributed by atoms with Crippen molar-refractivity contribution in [3.8, 4) is 12.1 Å². The van der Waals surface area contributed by atoms with Crippen molar-refractivity contribution >= 4 is 11.9 Å². The van der Waals surface area contributed by atoms with Crippen molar-refractivity contribution in [2.24, 2.45) is 0 Å². The number of carbonyl (C=O) groups excluding carboxylic acids is 1. The van der Waals surface area contributed by atoms with E-state index in [1.54, 1.807) is 59.7 Å². The van der Waals surface area contributed by atoms with Crippen molar-refractivity contribution < 1.29 is 4.79 Å². The Bertz CT molecular complexity index is 1030. The molecule has 0 bridgehead atoms. The van der Waals surface area contributed by atoms with Gasteiger partial charge in [0.2, 0.25) is 5.78 Å². The Kier molecular flexibility index (Phi) is 5.42. The summed E-state index contributed by atoms with van der Waals surface area (Å²) in [6.07, 6.45) is 8.57. The fraction of sp³-hybridized carbons (Fsp3) is 0. The lowest BCUT2D eigenvalue weighted by Crippen LogP contribution is -2.24. The van der Waals surface area contributed by atoms with E-state index in [0.717, 1.165) is 5.56 Å². The molecule has 2 aromatic rings. The van der Waals surface area contributed by atoms with E-state index in [1.807, 2.05) is 48.5 Å². The molecule has 4 nitrogen and oxygen atoms in total. The van der Waals surface area contributed by atoms with Crippen molar-refractivity contribution in [3.63, 3.8) is 0 Å². The molecule has 0 aliphatic carbocycles. The second-order valence-corrected chi connectivity index (χ2v) is 5.69. The number of hydrogen-bond acceptors (Lipinski definition) is 4. The highest BCUT2D eigenvalue weighted by atomic mass is 16.1. The summed E-state index contributed by atoms with van der Waals surface area (Å²) in [5, 5.41) is 18.6. The molecule has 27 heavy (non-hydrogen) atoms. The molecule has 1 aliphatic heterocycles. The molecule has 0 atom stereocenters. The van der Waals surface area contributed by atoms with Gasteiger partial charge in [0, 0.05) is 11.8 Å². The number of Topliss-reactive ketones (excluding diaryl/α,β-unsaturated/α-hetero) is 1. The molecule has 1 heterocycles. The molecule has 0 saturated carbocycles. The largest absolute Gasteiger partial charge is 0.312 e. The number of nitriles is 2. The molecule has 3 rings (SSSR count). The van der Waals surface area contributed by atoms with E-state index in [9.17, 15) is 15.3 Å². The normalized spacial score (nSPS) is 13.0. The molecule has 2 aromatic carbocycles. The van der Waals surface area contributed by atoms with E-state index < -0.39 is 0 Å². The molecular formula is C23H15N3O. The van der Waals surface area contributed by atoms with Gasteiger partial charge in [0.1, 0.15) is 12.1 Å². The highest BCUT2D eigenvalue weighted by Gasteiger charge is 2.23. The maximum atomic E-state index is 13.2. The minimum atomic E-state index is -0.202. The number of ketones is 1.